The lowest BCUT2D eigenvalue weighted by atomic mass is 10.2. The number of ether oxygens (including phenoxy) is 2. The van der Waals surface area contributed by atoms with Gasteiger partial charge in [0.15, 0.2) is 0 Å². The van der Waals surface area contributed by atoms with Crippen molar-refractivity contribution in [2.75, 3.05) is 19.5 Å². The zero-order valence-electron chi connectivity index (χ0n) is 11.1. The zero-order chi connectivity index (χ0) is 13.7. The number of methoxy groups -OCH3 is 2. The number of nitrogens with one attached hydrogen (secondary N) is 1. The zero-order valence-corrected chi connectivity index (χ0v) is 11.1. The molecule has 0 unspecified atom stereocenters. The molecule has 1 aromatic carbocycles. The molecule has 100 valence electrons. The first-order valence-corrected chi connectivity index (χ1v) is 5.88. The van der Waals surface area contributed by atoms with Gasteiger partial charge in [-0.2, -0.15) is 5.10 Å². The van der Waals surface area contributed by atoms with E-state index in [0.29, 0.717) is 6.54 Å². The molecule has 0 aliphatic heterocycles. The summed E-state index contributed by atoms with van der Waals surface area (Å²) in [5, 5.41) is 7.43. The van der Waals surface area contributed by atoms with E-state index in [4.69, 9.17) is 9.47 Å². The maximum atomic E-state index is 5.32. The van der Waals surface area contributed by atoms with Gasteiger partial charge >= 0.3 is 0 Å². The van der Waals surface area contributed by atoms with Gasteiger partial charge < -0.3 is 14.8 Å². The molecule has 0 atom stereocenters. The third kappa shape index (κ3) is 3.07. The third-order valence-corrected chi connectivity index (χ3v) is 2.73. The molecule has 2 rings (SSSR count). The van der Waals surface area contributed by atoms with Gasteiger partial charge in [0.25, 0.3) is 0 Å². The molecule has 0 spiro atoms. The maximum absolute atomic E-state index is 5.32. The van der Waals surface area contributed by atoms with Crippen molar-refractivity contribution in [1.29, 1.82) is 0 Å². The fraction of sp³-hybridized carbons (Fsp3) is 0.214. The van der Waals surface area contributed by atoms with Crippen molar-refractivity contribution in [3.8, 4) is 11.5 Å². The molecular formula is C14H17N3O2. The van der Waals surface area contributed by atoms with Gasteiger partial charge in [0.1, 0.15) is 11.5 Å². The van der Waals surface area contributed by atoms with E-state index in [-0.39, 0.29) is 0 Å². The average Bonchev–Trinajstić information content (AvgIpc) is 2.92. The van der Waals surface area contributed by atoms with E-state index in [1.807, 2.05) is 24.4 Å². The van der Waals surface area contributed by atoms with Crippen LogP contribution in [0.4, 0.5) is 5.69 Å². The summed E-state index contributed by atoms with van der Waals surface area (Å²) in [6.07, 6.45) is 5.36. The third-order valence-electron chi connectivity index (χ3n) is 2.73. The molecular weight excluding hydrogens is 242 g/mol. The van der Waals surface area contributed by atoms with Crippen LogP contribution in [0.2, 0.25) is 0 Å². The second kappa shape index (κ2) is 5.95. The minimum Gasteiger partial charge on any atom is -0.497 e. The summed E-state index contributed by atoms with van der Waals surface area (Å²) in [4.78, 5) is 0. The number of aromatic nitrogens is 2. The Morgan fingerprint density at radius 3 is 2.84 bits per heavy atom. The van der Waals surface area contributed by atoms with Gasteiger partial charge in [-0.3, -0.25) is 0 Å². The van der Waals surface area contributed by atoms with Gasteiger partial charge in [-0.1, -0.05) is 6.58 Å². The highest BCUT2D eigenvalue weighted by molar-refractivity contribution is 5.59. The van der Waals surface area contributed by atoms with Crippen molar-refractivity contribution in [3.63, 3.8) is 0 Å². The van der Waals surface area contributed by atoms with Crippen LogP contribution in [0.1, 0.15) is 5.56 Å². The van der Waals surface area contributed by atoms with E-state index < -0.39 is 0 Å². The van der Waals surface area contributed by atoms with Crippen molar-refractivity contribution in [3.05, 3.63) is 42.7 Å². The van der Waals surface area contributed by atoms with Crippen molar-refractivity contribution in [2.45, 2.75) is 6.54 Å². The van der Waals surface area contributed by atoms with Crippen molar-refractivity contribution in [2.24, 2.45) is 0 Å². The molecule has 19 heavy (non-hydrogen) atoms. The Hall–Kier alpha value is -2.43. The molecule has 1 N–H and O–H groups in total. The van der Waals surface area contributed by atoms with E-state index in [9.17, 15) is 0 Å². The van der Waals surface area contributed by atoms with Gasteiger partial charge in [0.05, 0.1) is 26.1 Å². The first-order valence-electron chi connectivity index (χ1n) is 5.88. The normalized spacial score (nSPS) is 10.0. The Morgan fingerprint density at radius 1 is 1.37 bits per heavy atom. The number of hydrogen-bond donors (Lipinski definition) is 1. The molecule has 0 aliphatic rings. The first-order chi connectivity index (χ1) is 9.26. The van der Waals surface area contributed by atoms with Crippen LogP contribution in [0.25, 0.3) is 6.20 Å². The van der Waals surface area contributed by atoms with Crippen LogP contribution in [-0.4, -0.2) is 24.0 Å². The van der Waals surface area contributed by atoms with Crippen LogP contribution in [-0.2, 0) is 6.54 Å². The molecule has 2 aromatic rings. The summed E-state index contributed by atoms with van der Waals surface area (Å²) >= 11 is 0. The Balaban J connectivity index is 2.08. The molecule has 1 aromatic heterocycles. The quantitative estimate of drug-likeness (QED) is 0.866. The van der Waals surface area contributed by atoms with Gasteiger partial charge in [0.2, 0.25) is 0 Å². The van der Waals surface area contributed by atoms with E-state index in [0.717, 1.165) is 22.7 Å². The molecule has 0 saturated carbocycles. The van der Waals surface area contributed by atoms with Gasteiger partial charge in [-0.25, -0.2) is 4.68 Å². The highest BCUT2D eigenvalue weighted by Gasteiger charge is 2.05. The van der Waals surface area contributed by atoms with Crippen LogP contribution in [0, 0.1) is 0 Å². The molecule has 0 aliphatic carbocycles. The number of hydrogen-bond acceptors (Lipinski definition) is 4. The molecule has 1 heterocycles. The Bertz CT molecular complexity index is 564. The predicted octanol–water partition coefficient (Wildman–Crippen LogP) is 2.61. The van der Waals surface area contributed by atoms with E-state index in [1.54, 1.807) is 31.3 Å². The SMILES string of the molecule is C=Cn1cc(CNc2ccc(OC)cc2OC)cn1. The monoisotopic (exact) mass is 259 g/mol. The highest BCUT2D eigenvalue weighted by atomic mass is 16.5. The van der Waals surface area contributed by atoms with Crippen molar-refractivity contribution in [1.82, 2.24) is 9.78 Å². The topological polar surface area (TPSA) is 48.3 Å². The summed E-state index contributed by atoms with van der Waals surface area (Å²) < 4.78 is 12.2. The maximum Gasteiger partial charge on any atom is 0.145 e. The second-order valence-electron chi connectivity index (χ2n) is 3.93. The largest absolute Gasteiger partial charge is 0.497 e. The summed E-state index contributed by atoms with van der Waals surface area (Å²) in [7, 11) is 3.27. The smallest absolute Gasteiger partial charge is 0.145 e. The average molecular weight is 259 g/mol. The highest BCUT2D eigenvalue weighted by Crippen LogP contribution is 2.29. The van der Waals surface area contributed by atoms with E-state index in [1.165, 1.54) is 0 Å². The summed E-state index contributed by atoms with van der Waals surface area (Å²) in [5.74, 6) is 1.51. The van der Waals surface area contributed by atoms with E-state index >= 15 is 0 Å². The minimum atomic E-state index is 0.663. The molecule has 0 radical (unpaired) electrons. The van der Waals surface area contributed by atoms with Gasteiger partial charge in [0, 0.05) is 30.6 Å². The lowest BCUT2D eigenvalue weighted by molar-refractivity contribution is 0.395. The second-order valence-corrected chi connectivity index (χ2v) is 3.93. The lowest BCUT2D eigenvalue weighted by Crippen LogP contribution is -2.01. The summed E-state index contributed by atoms with van der Waals surface area (Å²) in [5.41, 5.74) is 1.98. The Kier molecular flexibility index (Phi) is 4.07. The number of rotatable bonds is 6. The molecule has 0 amide bonds. The van der Waals surface area contributed by atoms with Crippen LogP contribution in [0.3, 0.4) is 0 Å². The van der Waals surface area contributed by atoms with Crippen LogP contribution in [0.15, 0.2) is 37.2 Å². The predicted molar refractivity (Wildman–Crippen MR) is 75.5 cm³/mol. The van der Waals surface area contributed by atoms with Crippen molar-refractivity contribution >= 4 is 11.9 Å². The van der Waals surface area contributed by atoms with Gasteiger partial charge in [-0.15, -0.1) is 0 Å². The molecule has 5 heteroatoms. The fourth-order valence-corrected chi connectivity index (χ4v) is 1.71. The molecule has 0 saturated heterocycles. The minimum absolute atomic E-state index is 0.663. The van der Waals surface area contributed by atoms with E-state index in [2.05, 4.69) is 17.0 Å². The standard InChI is InChI=1S/C14H17N3O2/c1-4-17-10-11(9-16-17)8-15-13-6-5-12(18-2)7-14(13)19-3/h4-7,9-10,15H,1,8H2,2-3H3. The van der Waals surface area contributed by atoms with Crippen LogP contribution < -0.4 is 14.8 Å². The first kappa shape index (κ1) is 13.0. The lowest BCUT2D eigenvalue weighted by Gasteiger charge is -2.11. The molecule has 0 fully saturated rings. The number of nitrogens with zero attached hydrogens (tertiary/aromatic N) is 2. The Morgan fingerprint density at radius 2 is 2.21 bits per heavy atom. The van der Waals surface area contributed by atoms with Crippen LogP contribution in [0.5, 0.6) is 11.5 Å². The summed E-state index contributed by atoms with van der Waals surface area (Å²) in [6.45, 7) is 4.32. The van der Waals surface area contributed by atoms with Crippen LogP contribution >= 0.6 is 0 Å². The number of anilines is 1. The molecule has 5 nitrogen and oxygen atoms in total. The van der Waals surface area contributed by atoms with Crippen molar-refractivity contribution < 1.29 is 9.47 Å². The number of benzene rings is 1. The summed E-state index contributed by atoms with van der Waals surface area (Å²) in [6, 6.07) is 5.66. The molecule has 0 bridgehead atoms. The Labute approximate surface area is 112 Å². The van der Waals surface area contributed by atoms with Gasteiger partial charge in [-0.05, 0) is 12.1 Å². The fourth-order valence-electron chi connectivity index (χ4n) is 1.71.